The molecule has 21 heavy (non-hydrogen) atoms. The Bertz CT molecular complexity index is 463. The van der Waals surface area contributed by atoms with Gasteiger partial charge in [-0.05, 0) is 56.6 Å². The molecule has 0 aliphatic heterocycles. The van der Waals surface area contributed by atoms with Gasteiger partial charge < -0.3 is 4.90 Å². The van der Waals surface area contributed by atoms with E-state index in [0.29, 0.717) is 23.7 Å². The molecule has 114 valence electrons. The molecule has 3 heteroatoms. The van der Waals surface area contributed by atoms with Gasteiger partial charge in [0.15, 0.2) is 0 Å². The summed E-state index contributed by atoms with van der Waals surface area (Å²) in [6.07, 6.45) is 7.42. The van der Waals surface area contributed by atoms with E-state index in [1.165, 1.54) is 43.4 Å². The maximum Gasteiger partial charge on any atom is 0.233 e. The fraction of sp³-hybridized carbons (Fsp3) is 0.611. The number of nitrogens with zero attached hydrogens (tertiary/aromatic N) is 1. The maximum absolute atomic E-state index is 12.7. The molecule has 1 aromatic rings. The largest absolute Gasteiger partial charge is 0.336 e. The fourth-order valence-electron chi connectivity index (χ4n) is 3.32. The van der Waals surface area contributed by atoms with Gasteiger partial charge in [-0.25, -0.2) is 0 Å². The maximum atomic E-state index is 12.7. The lowest BCUT2D eigenvalue weighted by Crippen LogP contribution is -2.44. The van der Waals surface area contributed by atoms with Crippen LogP contribution in [0, 0.1) is 5.92 Å². The van der Waals surface area contributed by atoms with Crippen LogP contribution in [0.5, 0.6) is 0 Å². The second-order valence-corrected chi connectivity index (χ2v) is 7.60. The van der Waals surface area contributed by atoms with Crippen LogP contribution in [-0.2, 0) is 4.79 Å². The van der Waals surface area contributed by atoms with E-state index in [-0.39, 0.29) is 0 Å². The molecule has 2 fully saturated rings. The highest BCUT2D eigenvalue weighted by Crippen LogP contribution is 2.36. The number of rotatable bonds is 5. The zero-order chi connectivity index (χ0) is 14.7. The van der Waals surface area contributed by atoms with Crippen LogP contribution in [0.1, 0.15) is 45.4 Å². The van der Waals surface area contributed by atoms with Crippen molar-refractivity contribution in [2.45, 2.75) is 62.4 Å². The van der Waals surface area contributed by atoms with E-state index in [4.69, 9.17) is 0 Å². The lowest BCUT2D eigenvalue weighted by Gasteiger charge is -2.36. The summed E-state index contributed by atoms with van der Waals surface area (Å²) in [5.41, 5.74) is 0. The first-order chi connectivity index (χ1) is 10.2. The highest BCUT2D eigenvalue weighted by atomic mass is 32.2. The molecule has 0 unspecified atom stereocenters. The van der Waals surface area contributed by atoms with E-state index in [2.05, 4.69) is 24.0 Å². The smallest absolute Gasteiger partial charge is 0.233 e. The molecule has 0 heterocycles. The second kappa shape index (κ2) is 6.87. The van der Waals surface area contributed by atoms with Gasteiger partial charge in [-0.2, -0.15) is 0 Å². The minimum atomic E-state index is 0.353. The minimum Gasteiger partial charge on any atom is -0.336 e. The van der Waals surface area contributed by atoms with Gasteiger partial charge in [0.2, 0.25) is 5.91 Å². The Morgan fingerprint density at radius 1 is 1.05 bits per heavy atom. The van der Waals surface area contributed by atoms with Crippen molar-refractivity contribution in [3.63, 3.8) is 0 Å². The zero-order valence-electron chi connectivity index (χ0n) is 12.8. The number of benzene rings is 1. The standard InChI is InChI=1S/C18H25NOS/c1-14-7-9-15(10-8-14)19(16-11-12-16)18(20)13-21-17-5-3-2-4-6-17/h2-6,14-16H,7-13H2,1H3. The summed E-state index contributed by atoms with van der Waals surface area (Å²) in [7, 11) is 0. The first-order valence-corrected chi connectivity index (χ1v) is 9.21. The first-order valence-electron chi connectivity index (χ1n) is 8.23. The van der Waals surface area contributed by atoms with Gasteiger partial charge in [-0.15, -0.1) is 11.8 Å². The molecule has 0 atom stereocenters. The average molecular weight is 303 g/mol. The fourth-order valence-corrected chi connectivity index (χ4v) is 4.10. The molecule has 3 rings (SSSR count). The third kappa shape index (κ3) is 4.03. The predicted octanol–water partition coefficient (Wildman–Crippen LogP) is 4.35. The normalized spacial score (nSPS) is 25.6. The van der Waals surface area contributed by atoms with Crippen molar-refractivity contribution in [2.24, 2.45) is 5.92 Å². The first kappa shape index (κ1) is 15.0. The zero-order valence-corrected chi connectivity index (χ0v) is 13.6. The Balaban J connectivity index is 1.57. The van der Waals surface area contributed by atoms with Crippen LogP contribution < -0.4 is 0 Å². The van der Waals surface area contributed by atoms with Crippen molar-refractivity contribution in [1.82, 2.24) is 4.90 Å². The number of carbonyl (C=O) groups excluding carboxylic acids is 1. The van der Waals surface area contributed by atoms with E-state index in [9.17, 15) is 4.79 Å². The van der Waals surface area contributed by atoms with E-state index < -0.39 is 0 Å². The predicted molar refractivity (Wildman–Crippen MR) is 88.5 cm³/mol. The van der Waals surface area contributed by atoms with E-state index in [1.54, 1.807) is 11.8 Å². The Labute approximate surface area is 132 Å². The van der Waals surface area contributed by atoms with Crippen LogP contribution >= 0.6 is 11.8 Å². The summed E-state index contributed by atoms with van der Waals surface area (Å²) in [4.78, 5) is 16.1. The van der Waals surface area contributed by atoms with Gasteiger partial charge >= 0.3 is 0 Å². The summed E-state index contributed by atoms with van der Waals surface area (Å²) in [5, 5.41) is 0. The molecule has 0 N–H and O–H groups in total. The van der Waals surface area contributed by atoms with E-state index in [0.717, 1.165) is 5.92 Å². The van der Waals surface area contributed by atoms with Crippen molar-refractivity contribution < 1.29 is 4.79 Å². The van der Waals surface area contributed by atoms with Crippen molar-refractivity contribution in [1.29, 1.82) is 0 Å². The van der Waals surface area contributed by atoms with Crippen LogP contribution in [0.2, 0.25) is 0 Å². The highest BCUT2D eigenvalue weighted by molar-refractivity contribution is 8.00. The van der Waals surface area contributed by atoms with Gasteiger partial charge in [0, 0.05) is 17.0 Å². The molecule has 1 amide bonds. The third-order valence-electron chi connectivity index (χ3n) is 4.71. The van der Waals surface area contributed by atoms with Crippen molar-refractivity contribution in [3.8, 4) is 0 Å². The molecular formula is C18H25NOS. The Kier molecular flexibility index (Phi) is 4.89. The topological polar surface area (TPSA) is 20.3 Å². The molecule has 2 aliphatic carbocycles. The number of thioether (sulfide) groups is 1. The number of hydrogen-bond acceptors (Lipinski definition) is 2. The molecule has 0 radical (unpaired) electrons. The van der Waals surface area contributed by atoms with Gasteiger partial charge in [-0.3, -0.25) is 4.79 Å². The van der Waals surface area contributed by atoms with E-state index in [1.807, 2.05) is 18.2 Å². The third-order valence-corrected chi connectivity index (χ3v) is 5.71. The Morgan fingerprint density at radius 3 is 2.19 bits per heavy atom. The van der Waals surface area contributed by atoms with E-state index >= 15 is 0 Å². The highest BCUT2D eigenvalue weighted by Gasteiger charge is 2.38. The molecule has 0 aromatic heterocycles. The van der Waals surface area contributed by atoms with Crippen LogP contribution in [0.3, 0.4) is 0 Å². The molecular weight excluding hydrogens is 278 g/mol. The molecule has 2 nitrogen and oxygen atoms in total. The lowest BCUT2D eigenvalue weighted by molar-refractivity contribution is -0.132. The number of hydrogen-bond donors (Lipinski definition) is 0. The average Bonchev–Trinajstić information content (AvgIpc) is 3.33. The van der Waals surface area contributed by atoms with Crippen molar-refractivity contribution in [2.75, 3.05) is 5.75 Å². The molecule has 0 bridgehead atoms. The van der Waals surface area contributed by atoms with Gasteiger partial charge in [0.05, 0.1) is 5.75 Å². The van der Waals surface area contributed by atoms with Gasteiger partial charge in [0.25, 0.3) is 0 Å². The monoisotopic (exact) mass is 303 g/mol. The molecule has 2 aliphatic rings. The van der Waals surface area contributed by atoms with Gasteiger partial charge in [-0.1, -0.05) is 25.1 Å². The van der Waals surface area contributed by atoms with Gasteiger partial charge in [0.1, 0.15) is 0 Å². The number of amides is 1. The molecule has 0 saturated heterocycles. The van der Waals surface area contributed by atoms with Crippen LogP contribution in [0.15, 0.2) is 35.2 Å². The van der Waals surface area contributed by atoms with Crippen LogP contribution in [-0.4, -0.2) is 28.6 Å². The lowest BCUT2D eigenvalue weighted by atomic mass is 9.86. The molecule has 2 saturated carbocycles. The summed E-state index contributed by atoms with van der Waals surface area (Å²) < 4.78 is 0. The summed E-state index contributed by atoms with van der Waals surface area (Å²) >= 11 is 1.68. The van der Waals surface area contributed by atoms with Crippen LogP contribution in [0.25, 0.3) is 0 Å². The second-order valence-electron chi connectivity index (χ2n) is 6.55. The van der Waals surface area contributed by atoms with Crippen molar-refractivity contribution >= 4 is 17.7 Å². The minimum absolute atomic E-state index is 0.353. The van der Waals surface area contributed by atoms with Crippen molar-refractivity contribution in [3.05, 3.63) is 30.3 Å². The molecule has 0 spiro atoms. The number of carbonyl (C=O) groups is 1. The molecule has 1 aromatic carbocycles. The summed E-state index contributed by atoms with van der Waals surface area (Å²) in [6.45, 7) is 2.34. The quantitative estimate of drug-likeness (QED) is 0.754. The Hall–Kier alpha value is -0.960. The summed E-state index contributed by atoms with van der Waals surface area (Å²) in [6, 6.07) is 11.3. The Morgan fingerprint density at radius 2 is 1.62 bits per heavy atom. The van der Waals surface area contributed by atoms with Crippen LogP contribution in [0.4, 0.5) is 0 Å². The summed E-state index contributed by atoms with van der Waals surface area (Å²) in [5.74, 6) is 1.79. The SMILES string of the molecule is CC1CCC(N(C(=O)CSc2ccccc2)C2CC2)CC1.